The van der Waals surface area contributed by atoms with Crippen molar-refractivity contribution in [2.45, 2.75) is 13.3 Å². The Morgan fingerprint density at radius 3 is 2.57 bits per heavy atom. The molecule has 2 rings (SSSR count). The molecule has 0 aliphatic carbocycles. The minimum Gasteiger partial charge on any atom is -0.459 e. The number of anilines is 1. The molecule has 7 heteroatoms. The van der Waals surface area contributed by atoms with Crippen molar-refractivity contribution in [3.63, 3.8) is 0 Å². The van der Waals surface area contributed by atoms with E-state index in [-0.39, 0.29) is 12.2 Å². The predicted octanol–water partition coefficient (Wildman–Crippen LogP) is 4.32. The van der Waals surface area contributed by atoms with Gasteiger partial charge in [-0.3, -0.25) is 4.79 Å². The molecule has 0 N–H and O–H groups in total. The highest BCUT2D eigenvalue weighted by molar-refractivity contribution is 9.13. The number of amides is 1. The molecule has 0 aliphatic rings. The van der Waals surface area contributed by atoms with Gasteiger partial charge in [0.2, 0.25) is 0 Å². The topological polar surface area (TPSA) is 59.8 Å². The van der Waals surface area contributed by atoms with Gasteiger partial charge in [0.25, 0.3) is 0 Å². The van der Waals surface area contributed by atoms with E-state index in [2.05, 4.69) is 31.9 Å². The Labute approximate surface area is 138 Å². The van der Waals surface area contributed by atoms with E-state index in [0.717, 1.165) is 14.0 Å². The van der Waals surface area contributed by atoms with Crippen molar-refractivity contribution in [2.75, 3.05) is 5.06 Å². The third-order valence-corrected chi connectivity index (χ3v) is 4.42. The number of furan rings is 1. The van der Waals surface area contributed by atoms with E-state index in [1.807, 2.05) is 0 Å². The van der Waals surface area contributed by atoms with E-state index in [0.29, 0.717) is 5.69 Å². The molecule has 1 heterocycles. The predicted molar refractivity (Wildman–Crippen MR) is 83.7 cm³/mol. The van der Waals surface area contributed by atoms with Gasteiger partial charge in [-0.15, -0.1) is 5.06 Å². The van der Waals surface area contributed by atoms with Crippen LogP contribution in [-0.2, 0) is 9.63 Å². The smallest absolute Gasteiger partial charge is 0.332 e. The van der Waals surface area contributed by atoms with Crippen LogP contribution in [0.4, 0.5) is 5.69 Å². The first kappa shape index (κ1) is 15.8. The fourth-order valence-corrected chi connectivity index (χ4v) is 2.10. The summed E-state index contributed by atoms with van der Waals surface area (Å²) >= 11 is 6.69. The summed E-state index contributed by atoms with van der Waals surface area (Å²) in [6.07, 6.45) is 1.53. The van der Waals surface area contributed by atoms with E-state index in [1.54, 1.807) is 31.2 Å². The number of hydroxylamine groups is 1. The zero-order valence-corrected chi connectivity index (χ0v) is 14.2. The van der Waals surface area contributed by atoms with Crippen molar-refractivity contribution in [1.82, 2.24) is 0 Å². The number of hydrogen-bond acceptors (Lipinski definition) is 4. The Morgan fingerprint density at radius 2 is 2.00 bits per heavy atom. The molecule has 0 saturated carbocycles. The van der Waals surface area contributed by atoms with Crippen molar-refractivity contribution in [3.05, 3.63) is 51.3 Å². The number of benzene rings is 1. The first-order valence-corrected chi connectivity index (χ1v) is 7.65. The molecular formula is C14H11Br2NO4. The molecule has 5 nitrogen and oxygen atoms in total. The van der Waals surface area contributed by atoms with E-state index < -0.39 is 11.9 Å². The minimum absolute atomic E-state index is 0.0814. The zero-order valence-electron chi connectivity index (χ0n) is 11.0. The van der Waals surface area contributed by atoms with E-state index in [1.165, 1.54) is 12.3 Å². The molecule has 21 heavy (non-hydrogen) atoms. The standard InChI is InChI=1S/C14H11Br2NO4/c1-2-13(18)21-17(14(19)12-4-3-7-20-12)9-5-6-10(15)11(16)8-9/h3-8H,2H2,1H3. The summed E-state index contributed by atoms with van der Waals surface area (Å²) in [5.74, 6) is -0.997. The number of halogens is 2. The maximum absolute atomic E-state index is 12.4. The van der Waals surface area contributed by atoms with Gasteiger partial charge < -0.3 is 9.25 Å². The maximum Gasteiger partial charge on any atom is 0.332 e. The average molecular weight is 417 g/mol. The third-order valence-electron chi connectivity index (χ3n) is 2.54. The van der Waals surface area contributed by atoms with Crippen LogP contribution < -0.4 is 5.06 Å². The van der Waals surface area contributed by atoms with E-state index >= 15 is 0 Å². The lowest BCUT2D eigenvalue weighted by atomic mass is 10.3. The molecule has 0 bridgehead atoms. The molecule has 2 aromatic rings. The average Bonchev–Trinajstić information content (AvgIpc) is 3.01. The Hall–Kier alpha value is -1.60. The molecule has 0 atom stereocenters. The van der Waals surface area contributed by atoms with Crippen molar-refractivity contribution in [2.24, 2.45) is 0 Å². The minimum atomic E-state index is -0.559. The fraction of sp³-hybridized carbons (Fsp3) is 0.143. The molecule has 1 aromatic carbocycles. The van der Waals surface area contributed by atoms with Crippen LogP contribution in [0.5, 0.6) is 0 Å². The van der Waals surface area contributed by atoms with Gasteiger partial charge in [-0.2, -0.15) is 0 Å². The van der Waals surface area contributed by atoms with Gasteiger partial charge >= 0.3 is 11.9 Å². The monoisotopic (exact) mass is 415 g/mol. The summed E-state index contributed by atoms with van der Waals surface area (Å²) in [4.78, 5) is 29.1. The Kier molecular flexibility index (Phi) is 5.19. The summed E-state index contributed by atoms with van der Waals surface area (Å²) in [7, 11) is 0. The van der Waals surface area contributed by atoms with Crippen LogP contribution in [-0.4, -0.2) is 11.9 Å². The number of carbonyl (C=O) groups excluding carboxylic acids is 2. The van der Waals surface area contributed by atoms with Crippen molar-refractivity contribution in [3.8, 4) is 0 Å². The van der Waals surface area contributed by atoms with E-state index in [9.17, 15) is 9.59 Å². The SMILES string of the molecule is CCC(=O)ON(C(=O)c1ccco1)c1ccc(Br)c(Br)c1. The highest BCUT2D eigenvalue weighted by Gasteiger charge is 2.24. The van der Waals surface area contributed by atoms with Gasteiger partial charge in [0.1, 0.15) is 0 Å². The van der Waals surface area contributed by atoms with Crippen LogP contribution in [0.1, 0.15) is 23.9 Å². The molecule has 0 saturated heterocycles. The maximum atomic E-state index is 12.4. The number of carbonyl (C=O) groups is 2. The number of rotatable bonds is 3. The highest BCUT2D eigenvalue weighted by Crippen LogP contribution is 2.29. The Bertz CT molecular complexity index is 655. The quantitative estimate of drug-likeness (QED) is 0.699. The lowest BCUT2D eigenvalue weighted by molar-refractivity contribution is -0.143. The molecule has 110 valence electrons. The van der Waals surface area contributed by atoms with E-state index in [4.69, 9.17) is 9.25 Å². The lowest BCUT2D eigenvalue weighted by Gasteiger charge is -2.20. The second kappa shape index (κ2) is 6.91. The summed E-state index contributed by atoms with van der Waals surface area (Å²) in [6.45, 7) is 1.65. The van der Waals surface area contributed by atoms with Gasteiger partial charge in [-0.05, 0) is 62.2 Å². The Morgan fingerprint density at radius 1 is 1.24 bits per heavy atom. The van der Waals surface area contributed by atoms with Crippen LogP contribution in [0.25, 0.3) is 0 Å². The van der Waals surface area contributed by atoms with Gasteiger partial charge in [0.15, 0.2) is 5.76 Å². The third kappa shape index (κ3) is 3.74. The second-order valence-electron chi connectivity index (χ2n) is 3.99. The van der Waals surface area contributed by atoms with Crippen molar-refractivity contribution < 1.29 is 18.8 Å². The normalized spacial score (nSPS) is 10.2. The van der Waals surface area contributed by atoms with Gasteiger partial charge in [0.05, 0.1) is 12.0 Å². The molecule has 0 fully saturated rings. The second-order valence-corrected chi connectivity index (χ2v) is 5.70. The summed E-state index contributed by atoms with van der Waals surface area (Å²) in [5, 5.41) is 0.919. The van der Waals surface area contributed by atoms with Gasteiger partial charge in [-0.25, -0.2) is 4.79 Å². The summed E-state index contributed by atoms with van der Waals surface area (Å²) in [6, 6.07) is 8.14. The molecular weight excluding hydrogens is 406 g/mol. The van der Waals surface area contributed by atoms with Crippen LogP contribution in [0.3, 0.4) is 0 Å². The molecule has 0 aliphatic heterocycles. The highest BCUT2D eigenvalue weighted by atomic mass is 79.9. The molecule has 1 amide bonds. The Balaban J connectivity index is 2.37. The zero-order chi connectivity index (χ0) is 15.4. The van der Waals surface area contributed by atoms with Crippen LogP contribution >= 0.6 is 31.9 Å². The lowest BCUT2D eigenvalue weighted by Crippen LogP contribution is -2.33. The molecule has 0 radical (unpaired) electrons. The molecule has 1 aromatic heterocycles. The van der Waals surface area contributed by atoms with Crippen LogP contribution in [0.2, 0.25) is 0 Å². The number of nitrogens with zero attached hydrogens (tertiary/aromatic N) is 1. The summed E-state index contributed by atoms with van der Waals surface area (Å²) in [5.41, 5.74) is 0.410. The van der Waals surface area contributed by atoms with Gasteiger partial charge in [0, 0.05) is 15.4 Å². The van der Waals surface area contributed by atoms with Crippen molar-refractivity contribution in [1.29, 1.82) is 0 Å². The van der Waals surface area contributed by atoms with Crippen LogP contribution in [0, 0.1) is 0 Å². The van der Waals surface area contributed by atoms with Gasteiger partial charge in [-0.1, -0.05) is 6.92 Å². The first-order chi connectivity index (χ1) is 10.0. The molecule has 0 unspecified atom stereocenters. The van der Waals surface area contributed by atoms with Crippen molar-refractivity contribution >= 4 is 49.4 Å². The number of hydrogen-bond donors (Lipinski definition) is 0. The van der Waals surface area contributed by atoms with Crippen LogP contribution in [0.15, 0.2) is 50.0 Å². The molecule has 0 spiro atoms. The first-order valence-electron chi connectivity index (χ1n) is 6.06. The fourth-order valence-electron chi connectivity index (χ4n) is 1.49. The largest absolute Gasteiger partial charge is 0.459 e. The summed E-state index contributed by atoms with van der Waals surface area (Å²) < 4.78 is 6.61.